The van der Waals surface area contributed by atoms with Crippen LogP contribution in [0.15, 0.2) is 29.1 Å². The lowest BCUT2D eigenvalue weighted by molar-refractivity contribution is -0.155. The highest BCUT2D eigenvalue weighted by atomic mass is 32.2. The number of rotatable bonds is 7. The van der Waals surface area contributed by atoms with Gasteiger partial charge in [-0.3, -0.25) is 18.8 Å². The second kappa shape index (κ2) is 9.22. The number of nitrogen functional groups attached to an aromatic ring is 1. The number of hydrogen-bond acceptors (Lipinski definition) is 11. The van der Waals surface area contributed by atoms with Gasteiger partial charge in [0.25, 0.3) is 5.91 Å². The number of thioether (sulfide) groups is 1. The standard InChI is InChI=1S/C21H21N7O5S3/c1-10-12(36-13-5-23-9-28(10)13)3-4-21(19(31)32)7-27-17(30)15(18(27)35-8-21)25-16(29)14(26-33-2)11-6-34-20(22)24-11/h3-6,9,15,18H,7-8H2,1-2H3,(H2,22,24)(H,25,29)(H,31,32)/t15-,18-,21?/m1/s1. The summed E-state index contributed by atoms with van der Waals surface area (Å²) in [5.41, 5.74) is 5.50. The van der Waals surface area contributed by atoms with Crippen molar-refractivity contribution in [3.8, 4) is 0 Å². The van der Waals surface area contributed by atoms with Crippen LogP contribution in [0.5, 0.6) is 0 Å². The summed E-state index contributed by atoms with van der Waals surface area (Å²) in [5.74, 6) is -1.76. The molecule has 0 radical (unpaired) electrons. The fourth-order valence-electron chi connectivity index (χ4n) is 4.10. The van der Waals surface area contributed by atoms with Crippen LogP contribution in [-0.4, -0.2) is 78.7 Å². The van der Waals surface area contributed by atoms with Crippen molar-refractivity contribution < 1.29 is 24.3 Å². The van der Waals surface area contributed by atoms with E-state index in [2.05, 4.69) is 20.4 Å². The minimum Gasteiger partial charge on any atom is -0.481 e. The third kappa shape index (κ3) is 4.02. The number of carboxylic acids is 1. The Morgan fingerprint density at radius 3 is 2.92 bits per heavy atom. The highest BCUT2D eigenvalue weighted by Gasteiger charge is 2.57. The number of oxime groups is 1. The van der Waals surface area contributed by atoms with Crippen LogP contribution in [0.2, 0.25) is 0 Å². The van der Waals surface area contributed by atoms with Crippen molar-refractivity contribution in [3.05, 3.63) is 40.2 Å². The number of carbonyl (C=O) groups excluding carboxylic acids is 2. The van der Waals surface area contributed by atoms with Crippen molar-refractivity contribution >= 4 is 74.0 Å². The molecular formula is C21H21N7O5S3. The van der Waals surface area contributed by atoms with Crippen LogP contribution in [0, 0.1) is 12.3 Å². The van der Waals surface area contributed by atoms with E-state index < -0.39 is 23.3 Å². The van der Waals surface area contributed by atoms with Gasteiger partial charge in [-0.15, -0.1) is 34.4 Å². The number of nitrogens with zero attached hydrogens (tertiary/aromatic N) is 5. The summed E-state index contributed by atoms with van der Waals surface area (Å²) in [6, 6.07) is -0.815. The Labute approximate surface area is 216 Å². The maximum Gasteiger partial charge on any atom is 0.316 e. The van der Waals surface area contributed by atoms with Crippen LogP contribution >= 0.6 is 34.4 Å². The number of amides is 2. The van der Waals surface area contributed by atoms with Crippen LogP contribution in [0.4, 0.5) is 5.13 Å². The zero-order valence-corrected chi connectivity index (χ0v) is 21.5. The molecule has 0 saturated carbocycles. The Morgan fingerprint density at radius 2 is 2.25 bits per heavy atom. The number of carbonyl (C=O) groups is 3. The number of carboxylic acid groups (broad SMARTS) is 1. The maximum atomic E-state index is 12.9. The van der Waals surface area contributed by atoms with E-state index >= 15 is 0 Å². The molecule has 3 aromatic rings. The van der Waals surface area contributed by atoms with Crippen molar-refractivity contribution in [2.45, 2.75) is 18.3 Å². The Bertz CT molecular complexity index is 1430. The molecule has 2 saturated heterocycles. The van der Waals surface area contributed by atoms with Gasteiger partial charge in [0.2, 0.25) is 5.91 Å². The molecule has 5 heterocycles. The van der Waals surface area contributed by atoms with E-state index in [-0.39, 0.29) is 40.1 Å². The summed E-state index contributed by atoms with van der Waals surface area (Å²) >= 11 is 3.97. The van der Waals surface area contributed by atoms with Gasteiger partial charge in [-0.2, -0.15) is 0 Å². The monoisotopic (exact) mass is 547 g/mol. The molecule has 1 unspecified atom stereocenters. The largest absolute Gasteiger partial charge is 0.481 e. The van der Waals surface area contributed by atoms with E-state index in [4.69, 9.17) is 10.6 Å². The number of fused-ring (bicyclic) bond motifs is 2. The number of β-lactam (4-membered cyclic amide) rings is 1. The Kier molecular flexibility index (Phi) is 6.22. The van der Waals surface area contributed by atoms with Crippen molar-refractivity contribution in [2.75, 3.05) is 25.1 Å². The average Bonchev–Trinajstić information content (AvgIpc) is 3.57. The molecule has 2 aliphatic heterocycles. The number of nitrogens with two attached hydrogens (primary N) is 1. The van der Waals surface area contributed by atoms with Crippen molar-refractivity contribution in [2.24, 2.45) is 10.6 Å². The van der Waals surface area contributed by atoms with Gasteiger partial charge in [0, 0.05) is 28.2 Å². The normalized spacial score (nSPS) is 24.1. The predicted octanol–water partition coefficient (Wildman–Crippen LogP) is 1.28. The summed E-state index contributed by atoms with van der Waals surface area (Å²) in [5, 5.41) is 18.0. The van der Waals surface area contributed by atoms with Crippen LogP contribution in [-0.2, 0) is 19.2 Å². The number of aryl methyl sites for hydroxylation is 1. The Balaban J connectivity index is 1.30. The molecule has 2 aliphatic rings. The van der Waals surface area contributed by atoms with Crippen LogP contribution in [0.25, 0.3) is 10.9 Å². The van der Waals surface area contributed by atoms with Crippen molar-refractivity contribution in [1.82, 2.24) is 24.6 Å². The van der Waals surface area contributed by atoms with Gasteiger partial charge in [0.15, 0.2) is 10.8 Å². The summed E-state index contributed by atoms with van der Waals surface area (Å²) in [4.78, 5) is 54.4. The summed E-state index contributed by atoms with van der Waals surface area (Å²) < 4.78 is 1.94. The van der Waals surface area contributed by atoms with Gasteiger partial charge in [0.1, 0.15) is 40.8 Å². The second-order valence-corrected chi connectivity index (χ2v) is 11.3. The number of hydrogen-bond donors (Lipinski definition) is 3. The molecule has 2 fully saturated rings. The third-order valence-corrected chi connectivity index (χ3v) is 9.46. The number of imidazole rings is 1. The highest BCUT2D eigenvalue weighted by Crippen LogP contribution is 2.43. The van der Waals surface area contributed by atoms with E-state index in [0.717, 1.165) is 26.7 Å². The second-order valence-electron chi connectivity index (χ2n) is 8.26. The predicted molar refractivity (Wildman–Crippen MR) is 137 cm³/mol. The summed E-state index contributed by atoms with van der Waals surface area (Å²) in [6.07, 6.45) is 6.94. The lowest BCUT2D eigenvalue weighted by Gasteiger charge is -2.53. The Morgan fingerprint density at radius 1 is 1.44 bits per heavy atom. The van der Waals surface area contributed by atoms with Crippen LogP contribution in [0.3, 0.4) is 0 Å². The first-order chi connectivity index (χ1) is 17.2. The SMILES string of the molecule is CON=C(C(=O)N[C@@H]1C(=O)N2CC(C=Cc3sc4cncn4c3C)(C(=O)O)CS[C@H]12)c1csc(N)n1. The number of aromatic nitrogens is 3. The molecule has 4 N–H and O–H groups in total. The molecule has 3 atom stereocenters. The Hall–Kier alpha value is -3.43. The minimum absolute atomic E-state index is 0.00814. The van der Waals surface area contributed by atoms with Gasteiger partial charge >= 0.3 is 5.97 Å². The summed E-state index contributed by atoms with van der Waals surface area (Å²) in [7, 11) is 1.30. The minimum atomic E-state index is -1.25. The van der Waals surface area contributed by atoms with Gasteiger partial charge in [-0.25, -0.2) is 9.97 Å². The first-order valence-corrected chi connectivity index (χ1v) is 13.4. The summed E-state index contributed by atoms with van der Waals surface area (Å²) in [6.45, 7) is 1.95. The average molecular weight is 548 g/mol. The first kappa shape index (κ1) is 24.3. The molecule has 15 heteroatoms. The topological polar surface area (TPSA) is 165 Å². The van der Waals surface area contributed by atoms with Gasteiger partial charge in [0.05, 0.1) is 6.20 Å². The molecule has 12 nitrogen and oxygen atoms in total. The molecule has 5 rings (SSSR count). The van der Waals surface area contributed by atoms with Crippen molar-refractivity contribution in [1.29, 1.82) is 0 Å². The molecule has 0 aromatic carbocycles. The molecular weight excluding hydrogens is 526 g/mol. The fraction of sp³-hybridized carbons (Fsp3) is 0.333. The lowest BCUT2D eigenvalue weighted by Crippen LogP contribution is -2.73. The quantitative estimate of drug-likeness (QED) is 0.224. The van der Waals surface area contributed by atoms with E-state index in [0.29, 0.717) is 0 Å². The molecule has 0 bridgehead atoms. The van der Waals surface area contributed by atoms with Gasteiger partial charge in [-0.1, -0.05) is 11.2 Å². The molecule has 0 aliphatic carbocycles. The van der Waals surface area contributed by atoms with E-state index in [1.807, 2.05) is 11.3 Å². The maximum absolute atomic E-state index is 12.9. The first-order valence-electron chi connectivity index (χ1n) is 10.6. The lowest BCUT2D eigenvalue weighted by atomic mass is 9.86. The fourth-order valence-corrected chi connectivity index (χ4v) is 7.17. The molecule has 0 spiro atoms. The zero-order valence-electron chi connectivity index (χ0n) is 19.1. The smallest absolute Gasteiger partial charge is 0.316 e. The molecule has 2 amide bonds. The van der Waals surface area contributed by atoms with E-state index in [1.54, 1.807) is 30.1 Å². The van der Waals surface area contributed by atoms with Gasteiger partial charge < -0.3 is 25.9 Å². The van der Waals surface area contributed by atoms with E-state index in [9.17, 15) is 19.5 Å². The highest BCUT2D eigenvalue weighted by molar-refractivity contribution is 8.00. The molecule has 36 heavy (non-hydrogen) atoms. The van der Waals surface area contributed by atoms with Crippen LogP contribution < -0.4 is 11.1 Å². The molecule has 3 aromatic heterocycles. The zero-order chi connectivity index (χ0) is 25.6. The van der Waals surface area contributed by atoms with Crippen molar-refractivity contribution in [3.63, 3.8) is 0 Å². The third-order valence-electron chi connectivity index (χ3n) is 6.07. The molecule has 188 valence electrons. The van der Waals surface area contributed by atoms with Crippen LogP contribution in [0.1, 0.15) is 16.3 Å². The number of thiazole rings is 2. The number of nitrogens with one attached hydrogen (secondary N) is 1. The van der Waals surface area contributed by atoms with Gasteiger partial charge in [-0.05, 0) is 13.0 Å². The van der Waals surface area contributed by atoms with E-state index in [1.165, 1.54) is 35.1 Å². The number of aliphatic carboxylic acids is 1. The number of anilines is 1.